The first-order valence-electron chi connectivity index (χ1n) is 6.72. The van der Waals surface area contributed by atoms with Crippen LogP contribution in [0.25, 0.3) is 11.4 Å². The minimum atomic E-state index is -4.71. The Labute approximate surface area is 139 Å². The number of hydrogen-bond donors (Lipinski definition) is 0. The molecule has 0 saturated heterocycles. The molecule has 0 aliphatic carbocycles. The molecule has 0 amide bonds. The first-order valence-corrected chi connectivity index (χ1v) is 8.62. The molecule has 25 heavy (non-hydrogen) atoms. The molecule has 0 radical (unpaired) electrons. The second-order valence-electron chi connectivity index (χ2n) is 5.09. The molecule has 0 fully saturated rings. The summed E-state index contributed by atoms with van der Waals surface area (Å²) >= 11 is 0. The van der Waals surface area contributed by atoms with Crippen molar-refractivity contribution in [3.63, 3.8) is 0 Å². The monoisotopic (exact) mass is 373 g/mol. The van der Waals surface area contributed by atoms with E-state index < -0.39 is 21.9 Å². The van der Waals surface area contributed by atoms with Gasteiger partial charge in [-0.25, -0.2) is 18.1 Å². The fourth-order valence-electron chi connectivity index (χ4n) is 2.04. The van der Waals surface area contributed by atoms with Gasteiger partial charge >= 0.3 is 12.1 Å². The number of aromatic nitrogens is 5. The normalized spacial score (nSPS) is 12.5. The maximum atomic E-state index is 12.5. The molecule has 132 valence electrons. The van der Waals surface area contributed by atoms with Gasteiger partial charge in [0.1, 0.15) is 6.33 Å². The summed E-state index contributed by atoms with van der Waals surface area (Å²) in [4.78, 5) is 6.99. The molecule has 2 heterocycles. The SMILES string of the molecule is CS(=O)(=O)c1ncnn1Cc1ccc(-c2noc(C(F)(F)F)n2)cc1. The Balaban J connectivity index is 1.82. The molecule has 0 unspecified atom stereocenters. The molecule has 0 atom stereocenters. The van der Waals surface area contributed by atoms with E-state index in [0.29, 0.717) is 11.1 Å². The van der Waals surface area contributed by atoms with E-state index >= 15 is 0 Å². The van der Waals surface area contributed by atoms with Crippen molar-refractivity contribution in [2.75, 3.05) is 6.26 Å². The van der Waals surface area contributed by atoms with Gasteiger partial charge in [-0.05, 0) is 5.56 Å². The molecule has 3 rings (SSSR count). The molecule has 0 N–H and O–H groups in total. The van der Waals surface area contributed by atoms with Gasteiger partial charge in [0, 0.05) is 11.8 Å². The van der Waals surface area contributed by atoms with Crippen LogP contribution in [0.4, 0.5) is 13.2 Å². The van der Waals surface area contributed by atoms with Crippen molar-refractivity contribution >= 4 is 9.84 Å². The van der Waals surface area contributed by atoms with E-state index in [4.69, 9.17) is 0 Å². The van der Waals surface area contributed by atoms with Gasteiger partial charge in [0.05, 0.1) is 6.54 Å². The van der Waals surface area contributed by atoms with Crippen molar-refractivity contribution in [1.29, 1.82) is 0 Å². The fraction of sp³-hybridized carbons (Fsp3) is 0.231. The third kappa shape index (κ3) is 3.68. The number of hydrogen-bond acceptors (Lipinski definition) is 7. The highest BCUT2D eigenvalue weighted by Gasteiger charge is 2.38. The molecule has 0 aliphatic rings. The van der Waals surface area contributed by atoms with Crippen molar-refractivity contribution < 1.29 is 26.1 Å². The van der Waals surface area contributed by atoms with E-state index in [-0.39, 0.29) is 17.5 Å². The van der Waals surface area contributed by atoms with E-state index in [9.17, 15) is 21.6 Å². The summed E-state index contributed by atoms with van der Waals surface area (Å²) in [6.45, 7) is 0.128. The van der Waals surface area contributed by atoms with Gasteiger partial charge in [-0.2, -0.15) is 23.3 Å². The van der Waals surface area contributed by atoms with Crippen LogP contribution in [-0.2, 0) is 22.6 Å². The van der Waals surface area contributed by atoms with Gasteiger partial charge in [-0.15, -0.1) is 0 Å². The van der Waals surface area contributed by atoms with Crippen LogP contribution in [-0.4, -0.2) is 39.6 Å². The molecular formula is C13H10F3N5O3S. The van der Waals surface area contributed by atoms with E-state index in [0.717, 1.165) is 12.6 Å². The Morgan fingerprint density at radius 1 is 1.20 bits per heavy atom. The second-order valence-corrected chi connectivity index (χ2v) is 7.00. The van der Waals surface area contributed by atoms with E-state index in [1.807, 2.05) is 0 Å². The lowest BCUT2D eigenvalue weighted by Gasteiger charge is -2.05. The molecular weight excluding hydrogens is 363 g/mol. The lowest BCUT2D eigenvalue weighted by Crippen LogP contribution is -2.11. The summed E-state index contributed by atoms with van der Waals surface area (Å²) < 4.78 is 66.0. The zero-order chi connectivity index (χ0) is 18.2. The van der Waals surface area contributed by atoms with Crippen LogP contribution < -0.4 is 0 Å². The van der Waals surface area contributed by atoms with Crippen LogP contribution in [0.3, 0.4) is 0 Å². The number of halogens is 3. The largest absolute Gasteiger partial charge is 0.471 e. The summed E-state index contributed by atoms with van der Waals surface area (Å²) in [5, 5.41) is 6.97. The summed E-state index contributed by atoms with van der Waals surface area (Å²) in [7, 11) is -3.52. The van der Waals surface area contributed by atoms with Gasteiger partial charge < -0.3 is 4.52 Å². The fourth-order valence-corrected chi connectivity index (χ4v) is 2.77. The Bertz CT molecular complexity index is 993. The summed E-state index contributed by atoms with van der Waals surface area (Å²) in [6, 6.07) is 6.17. The van der Waals surface area contributed by atoms with Crippen molar-refractivity contribution in [3.05, 3.63) is 42.0 Å². The average molecular weight is 373 g/mol. The molecule has 8 nitrogen and oxygen atoms in total. The Kier molecular flexibility index (Phi) is 4.06. The van der Waals surface area contributed by atoms with E-state index in [1.165, 1.54) is 16.8 Å². The van der Waals surface area contributed by atoms with Crippen LogP contribution in [0.15, 0.2) is 40.3 Å². The minimum Gasteiger partial charge on any atom is -0.329 e. The molecule has 0 spiro atoms. The van der Waals surface area contributed by atoms with Crippen molar-refractivity contribution in [3.8, 4) is 11.4 Å². The molecule has 0 aliphatic heterocycles. The first-order chi connectivity index (χ1) is 11.6. The number of nitrogens with zero attached hydrogens (tertiary/aromatic N) is 5. The second kappa shape index (κ2) is 5.95. The van der Waals surface area contributed by atoms with Crippen molar-refractivity contribution in [1.82, 2.24) is 24.9 Å². The minimum absolute atomic E-state index is 0.128. The molecule has 12 heteroatoms. The van der Waals surface area contributed by atoms with Crippen LogP contribution >= 0.6 is 0 Å². The van der Waals surface area contributed by atoms with Crippen LogP contribution in [0.5, 0.6) is 0 Å². The van der Waals surface area contributed by atoms with Crippen LogP contribution in [0.2, 0.25) is 0 Å². The highest BCUT2D eigenvalue weighted by atomic mass is 32.2. The smallest absolute Gasteiger partial charge is 0.329 e. The highest BCUT2D eigenvalue weighted by Crippen LogP contribution is 2.29. The number of rotatable bonds is 4. The highest BCUT2D eigenvalue weighted by molar-refractivity contribution is 7.90. The molecule has 0 saturated carbocycles. The first kappa shape index (κ1) is 17.1. The Hall–Kier alpha value is -2.76. The zero-order valence-corrected chi connectivity index (χ0v) is 13.4. The molecule has 3 aromatic rings. The van der Waals surface area contributed by atoms with Gasteiger partial charge in [0.2, 0.25) is 20.8 Å². The predicted molar refractivity (Wildman–Crippen MR) is 77.0 cm³/mol. The van der Waals surface area contributed by atoms with Gasteiger partial charge in [0.25, 0.3) is 0 Å². The third-order valence-corrected chi connectivity index (χ3v) is 4.10. The third-order valence-electron chi connectivity index (χ3n) is 3.12. The average Bonchev–Trinajstić information content (AvgIpc) is 3.15. The van der Waals surface area contributed by atoms with Crippen LogP contribution in [0, 0.1) is 0 Å². The lowest BCUT2D eigenvalue weighted by molar-refractivity contribution is -0.159. The molecule has 0 bridgehead atoms. The maximum absolute atomic E-state index is 12.5. The van der Waals surface area contributed by atoms with Gasteiger partial charge in [-0.3, -0.25) is 0 Å². The number of benzene rings is 1. The quantitative estimate of drug-likeness (QED) is 0.687. The number of sulfone groups is 1. The topological polar surface area (TPSA) is 104 Å². The zero-order valence-electron chi connectivity index (χ0n) is 12.6. The summed E-state index contributed by atoms with van der Waals surface area (Å²) in [6.07, 6.45) is -2.56. The molecule has 1 aromatic carbocycles. The summed E-state index contributed by atoms with van der Waals surface area (Å²) in [5.41, 5.74) is 0.989. The van der Waals surface area contributed by atoms with E-state index in [2.05, 4.69) is 24.7 Å². The van der Waals surface area contributed by atoms with Crippen molar-refractivity contribution in [2.24, 2.45) is 0 Å². The predicted octanol–water partition coefficient (Wildman–Crippen LogP) is 1.80. The standard InChI is InChI=1S/C13H10F3N5O3S/c1-25(22,23)12-17-7-18-21(12)6-8-2-4-9(5-3-8)10-19-11(24-20-10)13(14,15)16/h2-5,7H,6H2,1H3. The Morgan fingerprint density at radius 2 is 1.88 bits per heavy atom. The molecule has 2 aromatic heterocycles. The Morgan fingerprint density at radius 3 is 2.44 bits per heavy atom. The van der Waals surface area contributed by atoms with Gasteiger partial charge in [-0.1, -0.05) is 29.4 Å². The lowest BCUT2D eigenvalue weighted by atomic mass is 10.1. The number of alkyl halides is 3. The van der Waals surface area contributed by atoms with Crippen molar-refractivity contribution in [2.45, 2.75) is 17.9 Å². The van der Waals surface area contributed by atoms with Gasteiger partial charge in [0.15, 0.2) is 0 Å². The van der Waals surface area contributed by atoms with Crippen LogP contribution in [0.1, 0.15) is 11.5 Å². The van der Waals surface area contributed by atoms with E-state index in [1.54, 1.807) is 12.1 Å². The maximum Gasteiger partial charge on any atom is 0.471 e. The summed E-state index contributed by atoms with van der Waals surface area (Å²) in [5.74, 6) is -1.62.